The molecule has 0 saturated carbocycles. The van der Waals surface area contributed by atoms with Crippen LogP contribution in [0.2, 0.25) is 0 Å². The van der Waals surface area contributed by atoms with E-state index in [1.165, 1.54) is 6.26 Å². The lowest BCUT2D eigenvalue weighted by Crippen LogP contribution is -2.52. The molecule has 2 amide bonds. The summed E-state index contributed by atoms with van der Waals surface area (Å²) in [5.41, 5.74) is 0. The lowest BCUT2D eigenvalue weighted by atomic mass is 10.1. The van der Waals surface area contributed by atoms with Crippen LogP contribution >= 0.6 is 0 Å². The highest BCUT2D eigenvalue weighted by molar-refractivity contribution is 5.91. The molecule has 0 radical (unpaired) electrons. The Kier molecular flexibility index (Phi) is 6.00. The molecule has 1 aromatic heterocycles. The molecule has 1 saturated heterocycles. The Balaban J connectivity index is 1.70. The van der Waals surface area contributed by atoms with Crippen molar-refractivity contribution < 1.29 is 14.0 Å². The number of furan rings is 1. The van der Waals surface area contributed by atoms with Crippen molar-refractivity contribution in [3.05, 3.63) is 24.2 Å². The first-order valence-corrected chi connectivity index (χ1v) is 7.89. The number of rotatable bonds is 6. The van der Waals surface area contributed by atoms with E-state index in [2.05, 4.69) is 19.2 Å². The van der Waals surface area contributed by atoms with Gasteiger partial charge in [0.25, 0.3) is 5.91 Å². The SMILES string of the molecule is CC(C)CCNCC(=O)N1CCN(C(=O)c2ccco2)CC1. The third kappa shape index (κ3) is 4.59. The van der Waals surface area contributed by atoms with Crippen LogP contribution in [0.4, 0.5) is 0 Å². The molecule has 2 rings (SSSR count). The average molecular weight is 307 g/mol. The summed E-state index contributed by atoms with van der Waals surface area (Å²) in [6, 6.07) is 3.37. The highest BCUT2D eigenvalue weighted by atomic mass is 16.3. The number of carbonyl (C=O) groups is 2. The van der Waals surface area contributed by atoms with Gasteiger partial charge in [-0.25, -0.2) is 0 Å². The van der Waals surface area contributed by atoms with E-state index in [0.29, 0.717) is 44.4 Å². The van der Waals surface area contributed by atoms with Crippen molar-refractivity contribution in [3.63, 3.8) is 0 Å². The fraction of sp³-hybridized carbons (Fsp3) is 0.625. The fourth-order valence-electron chi connectivity index (χ4n) is 2.41. The summed E-state index contributed by atoms with van der Waals surface area (Å²) in [5, 5.41) is 3.18. The van der Waals surface area contributed by atoms with Gasteiger partial charge in [0.2, 0.25) is 5.91 Å². The molecule has 1 aliphatic heterocycles. The van der Waals surface area contributed by atoms with Crippen LogP contribution in [-0.4, -0.2) is 60.9 Å². The van der Waals surface area contributed by atoms with Crippen LogP contribution in [-0.2, 0) is 4.79 Å². The predicted molar refractivity (Wildman–Crippen MR) is 83.5 cm³/mol. The molecule has 0 atom stereocenters. The molecule has 0 unspecified atom stereocenters. The molecule has 2 heterocycles. The van der Waals surface area contributed by atoms with E-state index in [4.69, 9.17) is 4.42 Å². The van der Waals surface area contributed by atoms with Crippen LogP contribution in [0.3, 0.4) is 0 Å². The maximum atomic E-state index is 12.1. The van der Waals surface area contributed by atoms with Crippen molar-refractivity contribution in [2.24, 2.45) is 5.92 Å². The zero-order chi connectivity index (χ0) is 15.9. The van der Waals surface area contributed by atoms with E-state index >= 15 is 0 Å². The molecule has 0 aliphatic carbocycles. The molecule has 0 bridgehead atoms. The van der Waals surface area contributed by atoms with Crippen LogP contribution < -0.4 is 5.32 Å². The lowest BCUT2D eigenvalue weighted by Gasteiger charge is -2.34. The second-order valence-corrected chi connectivity index (χ2v) is 6.01. The number of amides is 2. The summed E-state index contributed by atoms with van der Waals surface area (Å²) in [7, 11) is 0. The Hall–Kier alpha value is -1.82. The molecular formula is C16H25N3O3. The molecule has 1 fully saturated rings. The van der Waals surface area contributed by atoms with Crippen LogP contribution in [0.1, 0.15) is 30.8 Å². The summed E-state index contributed by atoms with van der Waals surface area (Å²) < 4.78 is 5.13. The van der Waals surface area contributed by atoms with Gasteiger partial charge in [0.05, 0.1) is 12.8 Å². The third-order valence-electron chi connectivity index (χ3n) is 3.83. The van der Waals surface area contributed by atoms with Crippen molar-refractivity contribution in [2.75, 3.05) is 39.3 Å². The highest BCUT2D eigenvalue weighted by Crippen LogP contribution is 2.09. The van der Waals surface area contributed by atoms with E-state index in [0.717, 1.165) is 13.0 Å². The van der Waals surface area contributed by atoms with Crippen LogP contribution in [0.5, 0.6) is 0 Å². The van der Waals surface area contributed by atoms with Gasteiger partial charge in [-0.15, -0.1) is 0 Å². The highest BCUT2D eigenvalue weighted by Gasteiger charge is 2.25. The molecule has 1 N–H and O–H groups in total. The minimum Gasteiger partial charge on any atom is -0.459 e. The Bertz CT molecular complexity index is 477. The Morgan fingerprint density at radius 1 is 1.23 bits per heavy atom. The molecule has 0 aromatic carbocycles. The Morgan fingerprint density at radius 3 is 2.50 bits per heavy atom. The minimum atomic E-state index is -0.104. The van der Waals surface area contributed by atoms with Gasteiger partial charge in [-0.05, 0) is 31.0 Å². The first-order chi connectivity index (χ1) is 10.6. The van der Waals surface area contributed by atoms with E-state index in [-0.39, 0.29) is 11.8 Å². The number of piperazine rings is 1. The smallest absolute Gasteiger partial charge is 0.289 e. The van der Waals surface area contributed by atoms with Crippen molar-refractivity contribution >= 4 is 11.8 Å². The fourth-order valence-corrected chi connectivity index (χ4v) is 2.41. The molecule has 22 heavy (non-hydrogen) atoms. The number of carbonyl (C=O) groups excluding carboxylic acids is 2. The lowest BCUT2D eigenvalue weighted by molar-refractivity contribution is -0.131. The van der Waals surface area contributed by atoms with Gasteiger partial charge >= 0.3 is 0 Å². The molecule has 0 spiro atoms. The summed E-state index contributed by atoms with van der Waals surface area (Å²) in [6.07, 6.45) is 2.56. The van der Waals surface area contributed by atoms with Gasteiger partial charge in [-0.2, -0.15) is 0 Å². The van der Waals surface area contributed by atoms with Gasteiger partial charge in [-0.1, -0.05) is 13.8 Å². The number of hydrogen-bond donors (Lipinski definition) is 1. The number of nitrogens with one attached hydrogen (secondary N) is 1. The van der Waals surface area contributed by atoms with Crippen molar-refractivity contribution in [1.82, 2.24) is 15.1 Å². The van der Waals surface area contributed by atoms with E-state index < -0.39 is 0 Å². The molecule has 6 nitrogen and oxygen atoms in total. The van der Waals surface area contributed by atoms with E-state index in [1.807, 2.05) is 4.90 Å². The second kappa shape index (κ2) is 7.98. The normalized spacial score (nSPS) is 15.4. The monoisotopic (exact) mass is 307 g/mol. The van der Waals surface area contributed by atoms with Gasteiger partial charge in [0, 0.05) is 26.2 Å². The van der Waals surface area contributed by atoms with Crippen molar-refractivity contribution in [1.29, 1.82) is 0 Å². The molecule has 1 aromatic rings. The number of hydrogen-bond acceptors (Lipinski definition) is 4. The van der Waals surface area contributed by atoms with Crippen LogP contribution in [0, 0.1) is 5.92 Å². The first kappa shape index (κ1) is 16.5. The standard InChI is InChI=1S/C16H25N3O3/c1-13(2)5-6-17-12-15(20)18-7-9-19(10-8-18)16(21)14-4-3-11-22-14/h3-4,11,13,17H,5-10,12H2,1-2H3. The Morgan fingerprint density at radius 2 is 1.91 bits per heavy atom. The quantitative estimate of drug-likeness (QED) is 0.802. The molecular weight excluding hydrogens is 282 g/mol. The molecule has 6 heteroatoms. The average Bonchev–Trinajstić information content (AvgIpc) is 3.05. The van der Waals surface area contributed by atoms with Gasteiger partial charge in [0.15, 0.2) is 5.76 Å². The zero-order valence-electron chi connectivity index (χ0n) is 13.4. The second-order valence-electron chi connectivity index (χ2n) is 6.01. The van der Waals surface area contributed by atoms with Gasteiger partial charge in [0.1, 0.15) is 0 Å². The summed E-state index contributed by atoms with van der Waals surface area (Å²) in [5.74, 6) is 0.995. The third-order valence-corrected chi connectivity index (χ3v) is 3.83. The minimum absolute atomic E-state index is 0.104. The van der Waals surface area contributed by atoms with Crippen LogP contribution in [0.15, 0.2) is 22.8 Å². The molecule has 122 valence electrons. The van der Waals surface area contributed by atoms with Gasteiger partial charge in [-0.3, -0.25) is 9.59 Å². The first-order valence-electron chi connectivity index (χ1n) is 7.89. The largest absolute Gasteiger partial charge is 0.459 e. The zero-order valence-corrected chi connectivity index (χ0v) is 13.4. The Labute approximate surface area is 131 Å². The summed E-state index contributed by atoms with van der Waals surface area (Å²) in [4.78, 5) is 27.8. The topological polar surface area (TPSA) is 65.8 Å². The predicted octanol–water partition coefficient (Wildman–Crippen LogP) is 1.20. The van der Waals surface area contributed by atoms with E-state index in [9.17, 15) is 9.59 Å². The van der Waals surface area contributed by atoms with E-state index in [1.54, 1.807) is 17.0 Å². The summed E-state index contributed by atoms with van der Waals surface area (Å²) >= 11 is 0. The van der Waals surface area contributed by atoms with Crippen LogP contribution in [0.25, 0.3) is 0 Å². The maximum absolute atomic E-state index is 12.1. The summed E-state index contributed by atoms with van der Waals surface area (Å²) in [6.45, 7) is 7.83. The number of nitrogens with zero attached hydrogens (tertiary/aromatic N) is 2. The van der Waals surface area contributed by atoms with Crippen molar-refractivity contribution in [3.8, 4) is 0 Å². The maximum Gasteiger partial charge on any atom is 0.289 e. The van der Waals surface area contributed by atoms with Gasteiger partial charge < -0.3 is 19.5 Å². The molecule has 1 aliphatic rings. The van der Waals surface area contributed by atoms with Crippen molar-refractivity contribution in [2.45, 2.75) is 20.3 Å².